The largest absolute Gasteiger partial charge is 0.417 e. The molecule has 2 nitrogen and oxygen atoms in total. The fourth-order valence-corrected chi connectivity index (χ4v) is 1.87. The van der Waals surface area contributed by atoms with Crippen LogP contribution in [-0.2, 0) is 6.18 Å². The molecule has 1 aromatic heterocycles. The lowest BCUT2D eigenvalue weighted by Crippen LogP contribution is -2.10. The lowest BCUT2D eigenvalue weighted by Gasteiger charge is -2.07. The zero-order chi connectivity index (χ0) is 14.9. The van der Waals surface area contributed by atoms with Gasteiger partial charge in [0, 0.05) is 10.7 Å². The first-order chi connectivity index (χ1) is 9.29. The zero-order valence-electron chi connectivity index (χ0n) is 9.71. The molecule has 2 aromatic rings. The zero-order valence-corrected chi connectivity index (χ0v) is 11.3. The molecule has 104 valence electrons. The van der Waals surface area contributed by atoms with Crippen molar-refractivity contribution in [2.45, 2.75) is 6.18 Å². The Hall–Kier alpha value is -1.76. The Labute approximate surface area is 119 Å². The van der Waals surface area contributed by atoms with Crippen molar-refractivity contribution in [3.05, 3.63) is 63.6 Å². The molecule has 0 atom stereocenters. The number of aromatic nitrogens is 1. The van der Waals surface area contributed by atoms with Gasteiger partial charge in [-0.1, -0.05) is 15.9 Å². The maximum absolute atomic E-state index is 13.5. The normalized spacial score (nSPS) is 11.4. The van der Waals surface area contributed by atoms with Crippen molar-refractivity contribution >= 4 is 21.7 Å². The second-order valence-corrected chi connectivity index (χ2v) is 4.80. The molecule has 0 saturated carbocycles. The van der Waals surface area contributed by atoms with Crippen LogP contribution in [0.5, 0.6) is 0 Å². The van der Waals surface area contributed by atoms with Gasteiger partial charge in [-0.2, -0.15) is 13.2 Å². The number of ketones is 1. The van der Waals surface area contributed by atoms with E-state index in [4.69, 9.17) is 0 Å². The molecule has 0 aliphatic heterocycles. The van der Waals surface area contributed by atoms with E-state index < -0.39 is 23.3 Å². The van der Waals surface area contributed by atoms with Gasteiger partial charge in [0.05, 0.1) is 11.1 Å². The number of nitrogens with zero attached hydrogens (tertiary/aromatic N) is 1. The number of rotatable bonds is 2. The maximum atomic E-state index is 13.5. The summed E-state index contributed by atoms with van der Waals surface area (Å²) in [6, 6.07) is 5.40. The Morgan fingerprint density at radius 3 is 2.40 bits per heavy atom. The summed E-state index contributed by atoms with van der Waals surface area (Å²) < 4.78 is 51.1. The van der Waals surface area contributed by atoms with Crippen LogP contribution in [0, 0.1) is 5.82 Å². The Morgan fingerprint density at radius 1 is 1.15 bits per heavy atom. The molecule has 2 rings (SSSR count). The van der Waals surface area contributed by atoms with Crippen molar-refractivity contribution in [3.8, 4) is 0 Å². The van der Waals surface area contributed by atoms with E-state index in [0.717, 1.165) is 18.2 Å². The molecule has 0 fully saturated rings. The van der Waals surface area contributed by atoms with E-state index >= 15 is 0 Å². The highest BCUT2D eigenvalue weighted by molar-refractivity contribution is 9.10. The van der Waals surface area contributed by atoms with Gasteiger partial charge >= 0.3 is 6.18 Å². The number of halogens is 5. The van der Waals surface area contributed by atoms with Crippen molar-refractivity contribution in [1.82, 2.24) is 4.98 Å². The first kappa shape index (κ1) is 14.6. The third-order valence-electron chi connectivity index (χ3n) is 2.50. The monoisotopic (exact) mass is 347 g/mol. The first-order valence-corrected chi connectivity index (χ1v) is 6.11. The molecule has 1 heterocycles. The van der Waals surface area contributed by atoms with E-state index in [2.05, 4.69) is 20.9 Å². The van der Waals surface area contributed by atoms with Crippen LogP contribution in [0.15, 0.2) is 41.0 Å². The molecule has 0 radical (unpaired) electrons. The average molecular weight is 348 g/mol. The molecule has 0 bridgehead atoms. The summed E-state index contributed by atoms with van der Waals surface area (Å²) >= 11 is 3.09. The molecule has 1 aromatic carbocycles. The number of pyridine rings is 1. The van der Waals surface area contributed by atoms with Crippen LogP contribution < -0.4 is 0 Å². The third-order valence-corrected chi connectivity index (χ3v) is 2.99. The van der Waals surface area contributed by atoms with E-state index in [1.54, 1.807) is 0 Å². The Kier molecular flexibility index (Phi) is 3.89. The Morgan fingerprint density at radius 2 is 1.85 bits per heavy atom. The van der Waals surface area contributed by atoms with Gasteiger partial charge < -0.3 is 0 Å². The van der Waals surface area contributed by atoms with Crippen molar-refractivity contribution < 1.29 is 22.4 Å². The number of benzene rings is 1. The molecule has 0 spiro atoms. The van der Waals surface area contributed by atoms with Gasteiger partial charge in [0.1, 0.15) is 11.5 Å². The van der Waals surface area contributed by atoms with Gasteiger partial charge in [-0.25, -0.2) is 4.39 Å². The second-order valence-electron chi connectivity index (χ2n) is 3.88. The van der Waals surface area contributed by atoms with Crippen LogP contribution in [0.2, 0.25) is 0 Å². The average Bonchev–Trinajstić information content (AvgIpc) is 2.40. The molecule has 7 heteroatoms. The lowest BCUT2D eigenvalue weighted by molar-refractivity contribution is -0.137. The van der Waals surface area contributed by atoms with Crippen molar-refractivity contribution in [1.29, 1.82) is 0 Å². The highest BCUT2D eigenvalue weighted by atomic mass is 79.9. The molecular weight excluding hydrogens is 342 g/mol. The van der Waals surface area contributed by atoms with E-state index in [1.807, 2.05) is 0 Å². The van der Waals surface area contributed by atoms with Crippen molar-refractivity contribution in [2.24, 2.45) is 0 Å². The Bertz CT molecular complexity index is 652. The highest BCUT2D eigenvalue weighted by Gasteiger charge is 2.31. The minimum absolute atomic E-state index is 0.255. The summed E-state index contributed by atoms with van der Waals surface area (Å²) in [4.78, 5) is 15.4. The van der Waals surface area contributed by atoms with Gasteiger partial charge in [0.25, 0.3) is 0 Å². The summed E-state index contributed by atoms with van der Waals surface area (Å²) in [5, 5.41) is 0. The van der Waals surface area contributed by atoms with Crippen LogP contribution in [0.4, 0.5) is 17.6 Å². The van der Waals surface area contributed by atoms with Crippen molar-refractivity contribution in [3.63, 3.8) is 0 Å². The summed E-state index contributed by atoms with van der Waals surface area (Å²) in [5.74, 6) is -1.54. The van der Waals surface area contributed by atoms with Gasteiger partial charge in [0.2, 0.25) is 5.78 Å². The predicted octanol–water partition coefficient (Wildman–Crippen LogP) is 4.23. The highest BCUT2D eigenvalue weighted by Crippen LogP contribution is 2.28. The molecular formula is C13H6BrF4NO. The summed E-state index contributed by atoms with van der Waals surface area (Å²) in [7, 11) is 0. The van der Waals surface area contributed by atoms with Crippen LogP contribution >= 0.6 is 15.9 Å². The summed E-state index contributed by atoms with van der Waals surface area (Å²) in [6.07, 6.45) is -3.99. The third kappa shape index (κ3) is 3.04. The van der Waals surface area contributed by atoms with Crippen LogP contribution in [0.25, 0.3) is 0 Å². The van der Waals surface area contributed by atoms with Crippen LogP contribution in [0.3, 0.4) is 0 Å². The smallest absolute Gasteiger partial charge is 0.287 e. The van der Waals surface area contributed by atoms with E-state index in [0.29, 0.717) is 10.7 Å². The predicted molar refractivity (Wildman–Crippen MR) is 66.8 cm³/mol. The Balaban J connectivity index is 2.37. The van der Waals surface area contributed by atoms with E-state index in [-0.39, 0.29) is 11.3 Å². The minimum atomic E-state index is -4.53. The quantitative estimate of drug-likeness (QED) is 0.601. The maximum Gasteiger partial charge on any atom is 0.417 e. The fraction of sp³-hybridized carbons (Fsp3) is 0.0769. The number of alkyl halides is 3. The second kappa shape index (κ2) is 5.32. The number of carbonyl (C=O) groups excluding carboxylic acids is 1. The first-order valence-electron chi connectivity index (χ1n) is 5.32. The van der Waals surface area contributed by atoms with E-state index in [9.17, 15) is 22.4 Å². The molecule has 0 N–H and O–H groups in total. The fourth-order valence-electron chi connectivity index (χ4n) is 1.51. The van der Waals surface area contributed by atoms with Gasteiger partial charge in [0.15, 0.2) is 0 Å². The number of hydrogen-bond acceptors (Lipinski definition) is 2. The lowest BCUT2D eigenvalue weighted by atomic mass is 10.1. The number of carbonyl (C=O) groups is 1. The standard InChI is InChI=1S/C13H6BrF4NO/c14-8-2-3-10(15)9(5-8)12(20)11-4-1-7(6-19-11)13(16,17)18/h1-6H. The molecule has 0 amide bonds. The van der Waals surface area contributed by atoms with Gasteiger partial charge in [-0.3, -0.25) is 9.78 Å². The molecule has 0 aliphatic carbocycles. The van der Waals surface area contributed by atoms with Gasteiger partial charge in [-0.05, 0) is 30.3 Å². The number of hydrogen-bond donors (Lipinski definition) is 0. The van der Waals surface area contributed by atoms with Crippen LogP contribution in [-0.4, -0.2) is 10.8 Å². The topological polar surface area (TPSA) is 30.0 Å². The van der Waals surface area contributed by atoms with E-state index in [1.165, 1.54) is 12.1 Å². The van der Waals surface area contributed by atoms with Crippen LogP contribution in [0.1, 0.15) is 21.6 Å². The SMILES string of the molecule is O=C(c1ccc(C(F)(F)F)cn1)c1cc(Br)ccc1F. The minimum Gasteiger partial charge on any atom is -0.287 e. The molecule has 0 saturated heterocycles. The molecule has 20 heavy (non-hydrogen) atoms. The molecule has 0 aliphatic rings. The molecule has 0 unspecified atom stereocenters. The van der Waals surface area contributed by atoms with Gasteiger partial charge in [-0.15, -0.1) is 0 Å². The summed E-state index contributed by atoms with van der Waals surface area (Å²) in [6.45, 7) is 0. The summed E-state index contributed by atoms with van der Waals surface area (Å²) in [5.41, 5.74) is -1.48. The van der Waals surface area contributed by atoms with Crippen molar-refractivity contribution in [2.75, 3.05) is 0 Å².